The third-order valence-electron chi connectivity index (χ3n) is 4.63. The second-order valence-corrected chi connectivity index (χ2v) is 7.27. The Kier molecular flexibility index (Phi) is 6.13. The monoisotopic (exact) mass is 404 g/mol. The molecule has 1 aromatic carbocycles. The van der Waals surface area contributed by atoms with Gasteiger partial charge in [-0.15, -0.1) is 12.4 Å². The molecule has 1 aliphatic rings. The summed E-state index contributed by atoms with van der Waals surface area (Å²) in [4.78, 5) is 16.7. The van der Waals surface area contributed by atoms with Crippen molar-refractivity contribution in [2.75, 3.05) is 5.73 Å². The highest BCUT2D eigenvalue weighted by Gasteiger charge is 2.22. The number of carbonyl (C=O) groups excluding carboxylic acids is 1. The van der Waals surface area contributed by atoms with Crippen molar-refractivity contribution in [2.24, 2.45) is 0 Å². The van der Waals surface area contributed by atoms with Gasteiger partial charge in [-0.2, -0.15) is 16.3 Å². The molecule has 0 bridgehead atoms. The first-order valence-electron chi connectivity index (χ1n) is 8.72. The van der Waals surface area contributed by atoms with Crippen LogP contribution in [-0.2, 0) is 17.6 Å². The van der Waals surface area contributed by atoms with E-state index in [2.05, 4.69) is 15.5 Å². The molecule has 1 unspecified atom stereocenters. The minimum atomic E-state index is -0.00467. The van der Waals surface area contributed by atoms with Crippen LogP contribution in [-0.4, -0.2) is 16.0 Å². The first-order valence-corrected chi connectivity index (χ1v) is 9.66. The van der Waals surface area contributed by atoms with Gasteiger partial charge < -0.3 is 15.6 Å². The maximum Gasteiger partial charge on any atom is 0.227 e. The van der Waals surface area contributed by atoms with Crippen LogP contribution >= 0.6 is 23.7 Å². The maximum atomic E-state index is 12.4. The van der Waals surface area contributed by atoms with Crippen LogP contribution < -0.4 is 11.1 Å². The molecule has 1 atom stereocenters. The minimum absolute atomic E-state index is 0. The van der Waals surface area contributed by atoms with Gasteiger partial charge in [0.25, 0.3) is 0 Å². The smallest absolute Gasteiger partial charge is 0.227 e. The summed E-state index contributed by atoms with van der Waals surface area (Å²) in [6, 6.07) is 7.93. The molecule has 0 radical (unpaired) electrons. The van der Waals surface area contributed by atoms with Gasteiger partial charge in [-0.1, -0.05) is 11.2 Å². The first-order chi connectivity index (χ1) is 12.7. The number of carbonyl (C=O) groups is 1. The van der Waals surface area contributed by atoms with E-state index in [0.29, 0.717) is 24.6 Å². The molecule has 0 saturated carbocycles. The van der Waals surface area contributed by atoms with Crippen molar-refractivity contribution < 1.29 is 9.32 Å². The molecule has 6 nitrogen and oxygen atoms in total. The first kappa shape index (κ1) is 19.4. The normalized spacial score (nSPS) is 15.6. The van der Waals surface area contributed by atoms with E-state index in [0.717, 1.165) is 30.5 Å². The summed E-state index contributed by atoms with van der Waals surface area (Å²) in [6.07, 6.45) is 3.77. The molecule has 3 N–H and O–H groups in total. The van der Waals surface area contributed by atoms with Crippen LogP contribution in [0.25, 0.3) is 11.4 Å². The van der Waals surface area contributed by atoms with Crippen LogP contribution in [0, 0.1) is 0 Å². The molecule has 2 heterocycles. The number of nitrogens with zero attached hydrogens (tertiary/aromatic N) is 2. The van der Waals surface area contributed by atoms with E-state index in [1.165, 1.54) is 11.1 Å². The lowest BCUT2D eigenvalue weighted by Crippen LogP contribution is -2.31. The highest BCUT2D eigenvalue weighted by atomic mass is 35.5. The van der Waals surface area contributed by atoms with Crippen LogP contribution in [0.5, 0.6) is 0 Å². The molecular weight excluding hydrogens is 384 g/mol. The molecule has 142 valence electrons. The predicted molar refractivity (Wildman–Crippen MR) is 108 cm³/mol. The summed E-state index contributed by atoms with van der Waals surface area (Å²) in [5.41, 5.74) is 9.99. The second kappa shape index (κ2) is 8.54. The molecule has 1 amide bonds. The van der Waals surface area contributed by atoms with Crippen molar-refractivity contribution >= 4 is 35.3 Å². The Labute approximate surface area is 167 Å². The van der Waals surface area contributed by atoms with Crippen LogP contribution in [0.2, 0.25) is 0 Å². The lowest BCUT2D eigenvalue weighted by Gasteiger charge is -2.26. The minimum Gasteiger partial charge on any atom is -0.399 e. The molecule has 27 heavy (non-hydrogen) atoms. The third kappa shape index (κ3) is 4.48. The van der Waals surface area contributed by atoms with Crippen LogP contribution in [0.15, 0.2) is 39.5 Å². The Morgan fingerprint density at radius 3 is 3.07 bits per heavy atom. The number of rotatable bonds is 5. The lowest BCUT2D eigenvalue weighted by molar-refractivity contribution is -0.122. The van der Waals surface area contributed by atoms with E-state index in [1.807, 2.05) is 35.0 Å². The van der Waals surface area contributed by atoms with E-state index in [4.69, 9.17) is 10.3 Å². The number of amides is 1. The zero-order valence-corrected chi connectivity index (χ0v) is 16.3. The SMILES string of the molecule is Cl.Nc1ccc2c(c1)CCCC2NC(=O)CCc1nc(-c2ccsc2)no1. The summed E-state index contributed by atoms with van der Waals surface area (Å²) in [7, 11) is 0. The quantitative estimate of drug-likeness (QED) is 0.628. The van der Waals surface area contributed by atoms with Crippen molar-refractivity contribution in [3.8, 4) is 11.4 Å². The molecule has 4 rings (SSSR count). The fourth-order valence-corrected chi connectivity index (χ4v) is 3.97. The van der Waals surface area contributed by atoms with Gasteiger partial charge in [0, 0.05) is 29.5 Å². The van der Waals surface area contributed by atoms with Gasteiger partial charge in [-0.3, -0.25) is 4.79 Å². The Bertz CT molecular complexity index is 910. The largest absolute Gasteiger partial charge is 0.399 e. The number of nitrogens with two attached hydrogens (primary N) is 1. The van der Waals surface area contributed by atoms with E-state index < -0.39 is 0 Å². The highest BCUT2D eigenvalue weighted by molar-refractivity contribution is 7.08. The van der Waals surface area contributed by atoms with Crippen molar-refractivity contribution in [3.05, 3.63) is 52.0 Å². The molecule has 0 aliphatic heterocycles. The van der Waals surface area contributed by atoms with E-state index >= 15 is 0 Å². The third-order valence-corrected chi connectivity index (χ3v) is 5.31. The number of nitrogens with one attached hydrogen (secondary N) is 1. The number of hydrogen-bond donors (Lipinski definition) is 2. The van der Waals surface area contributed by atoms with Crippen LogP contribution in [0.3, 0.4) is 0 Å². The van der Waals surface area contributed by atoms with Crippen LogP contribution in [0.1, 0.15) is 42.3 Å². The molecule has 8 heteroatoms. The molecule has 0 saturated heterocycles. The van der Waals surface area contributed by atoms with Gasteiger partial charge in [0.2, 0.25) is 17.6 Å². The number of aromatic nitrogens is 2. The lowest BCUT2D eigenvalue weighted by atomic mass is 9.87. The summed E-state index contributed by atoms with van der Waals surface area (Å²) in [5.74, 6) is 1.05. The zero-order chi connectivity index (χ0) is 17.9. The topological polar surface area (TPSA) is 94.0 Å². The average molecular weight is 405 g/mol. The molecule has 2 aromatic heterocycles. The van der Waals surface area contributed by atoms with Crippen molar-refractivity contribution in [3.63, 3.8) is 0 Å². The van der Waals surface area contributed by atoms with E-state index in [-0.39, 0.29) is 24.4 Å². The van der Waals surface area contributed by atoms with Crippen LogP contribution in [0.4, 0.5) is 5.69 Å². The van der Waals surface area contributed by atoms with Gasteiger partial charge >= 0.3 is 0 Å². The Morgan fingerprint density at radius 2 is 2.26 bits per heavy atom. The highest BCUT2D eigenvalue weighted by Crippen LogP contribution is 2.31. The molecular formula is C19H21ClN4O2S. The number of hydrogen-bond acceptors (Lipinski definition) is 6. The number of aryl methyl sites for hydroxylation is 2. The number of anilines is 1. The summed E-state index contributed by atoms with van der Waals surface area (Å²) < 4.78 is 5.25. The fourth-order valence-electron chi connectivity index (χ4n) is 3.34. The molecule has 0 spiro atoms. The van der Waals surface area contributed by atoms with Crippen molar-refractivity contribution in [1.82, 2.24) is 15.5 Å². The second-order valence-electron chi connectivity index (χ2n) is 6.49. The molecule has 3 aromatic rings. The summed E-state index contributed by atoms with van der Waals surface area (Å²) in [5, 5.41) is 11.0. The maximum absolute atomic E-state index is 12.4. The number of thiophene rings is 1. The number of fused-ring (bicyclic) bond motifs is 1. The Morgan fingerprint density at radius 1 is 1.37 bits per heavy atom. The average Bonchev–Trinajstić information content (AvgIpc) is 3.31. The van der Waals surface area contributed by atoms with Gasteiger partial charge in [-0.25, -0.2) is 0 Å². The summed E-state index contributed by atoms with van der Waals surface area (Å²) in [6.45, 7) is 0. The standard InChI is InChI=1S/C19H20N4O2S.ClH/c20-14-4-5-15-12(10-14)2-1-3-16(15)21-17(24)6-7-18-22-19(23-25-18)13-8-9-26-11-13;/h4-5,8-11,16H,1-3,6-7,20H2,(H,21,24);1H. The molecule has 1 aliphatic carbocycles. The van der Waals surface area contributed by atoms with Gasteiger partial charge in [0.05, 0.1) is 6.04 Å². The van der Waals surface area contributed by atoms with Crippen molar-refractivity contribution in [2.45, 2.75) is 38.1 Å². The van der Waals surface area contributed by atoms with Gasteiger partial charge in [0.1, 0.15) is 0 Å². The number of halogens is 1. The van der Waals surface area contributed by atoms with Gasteiger partial charge in [0.15, 0.2) is 0 Å². The number of nitrogen functional groups attached to an aromatic ring is 1. The zero-order valence-electron chi connectivity index (χ0n) is 14.7. The summed E-state index contributed by atoms with van der Waals surface area (Å²) >= 11 is 1.58. The number of benzene rings is 1. The van der Waals surface area contributed by atoms with Crippen molar-refractivity contribution in [1.29, 1.82) is 0 Å². The van der Waals surface area contributed by atoms with Gasteiger partial charge in [-0.05, 0) is 54.0 Å². The fraction of sp³-hybridized carbons (Fsp3) is 0.316. The predicted octanol–water partition coefficient (Wildman–Crippen LogP) is 3.93. The Balaban J connectivity index is 0.00000210. The van der Waals surface area contributed by atoms with E-state index in [9.17, 15) is 4.79 Å². The molecule has 0 fully saturated rings. The van der Waals surface area contributed by atoms with E-state index in [1.54, 1.807) is 11.3 Å². The Hall–Kier alpha value is -2.38.